The van der Waals surface area contributed by atoms with Crippen molar-refractivity contribution in [2.75, 3.05) is 6.54 Å². The van der Waals surface area contributed by atoms with Gasteiger partial charge in [0.2, 0.25) is 0 Å². The van der Waals surface area contributed by atoms with Gasteiger partial charge in [-0.25, -0.2) is 4.98 Å². The lowest BCUT2D eigenvalue weighted by Crippen LogP contribution is -2.37. The molecular formula is C15H16N2O4S. The Morgan fingerprint density at radius 2 is 2.23 bits per heavy atom. The van der Waals surface area contributed by atoms with E-state index in [1.165, 1.54) is 11.3 Å². The van der Waals surface area contributed by atoms with Gasteiger partial charge in [-0.2, -0.15) is 0 Å². The normalized spacial score (nSPS) is 21.3. The van der Waals surface area contributed by atoms with Crippen LogP contribution in [-0.4, -0.2) is 39.5 Å². The highest BCUT2D eigenvalue weighted by molar-refractivity contribution is 7.13. The van der Waals surface area contributed by atoms with Gasteiger partial charge in [0.25, 0.3) is 5.91 Å². The molecule has 2 unspecified atom stereocenters. The fourth-order valence-electron chi connectivity index (χ4n) is 2.74. The Labute approximate surface area is 131 Å². The summed E-state index contributed by atoms with van der Waals surface area (Å²) in [6, 6.07) is 3.35. The number of thiazole rings is 1. The minimum Gasteiger partial charge on any atom is -0.481 e. The van der Waals surface area contributed by atoms with Crippen LogP contribution in [0.15, 0.2) is 21.9 Å². The van der Waals surface area contributed by atoms with Gasteiger partial charge in [-0.05, 0) is 32.4 Å². The molecule has 2 aromatic rings. The van der Waals surface area contributed by atoms with Crippen LogP contribution >= 0.6 is 11.3 Å². The van der Waals surface area contributed by atoms with Crippen molar-refractivity contribution >= 4 is 23.2 Å². The maximum absolute atomic E-state index is 12.5. The van der Waals surface area contributed by atoms with Crippen LogP contribution in [0.2, 0.25) is 0 Å². The summed E-state index contributed by atoms with van der Waals surface area (Å²) < 4.78 is 5.50. The van der Waals surface area contributed by atoms with Crippen LogP contribution in [0.5, 0.6) is 0 Å². The lowest BCUT2D eigenvalue weighted by Gasteiger charge is -2.22. The topological polar surface area (TPSA) is 83.6 Å². The van der Waals surface area contributed by atoms with E-state index < -0.39 is 11.9 Å². The molecule has 6 nitrogen and oxygen atoms in total. The number of nitrogens with zero attached hydrogens (tertiary/aromatic N) is 2. The average Bonchev–Trinajstić information content (AvgIpc) is 3.16. The van der Waals surface area contributed by atoms with Gasteiger partial charge in [0.1, 0.15) is 11.5 Å². The molecule has 1 aliphatic rings. The molecule has 1 saturated heterocycles. The van der Waals surface area contributed by atoms with Gasteiger partial charge in [-0.1, -0.05) is 0 Å². The number of carboxylic acid groups (broad SMARTS) is 1. The molecule has 0 aromatic carbocycles. The molecule has 0 spiro atoms. The highest BCUT2D eigenvalue weighted by atomic mass is 32.1. The van der Waals surface area contributed by atoms with Crippen molar-refractivity contribution in [3.8, 4) is 10.8 Å². The Balaban J connectivity index is 1.79. The number of aryl methyl sites for hydroxylation is 1. The largest absolute Gasteiger partial charge is 0.481 e. The zero-order chi connectivity index (χ0) is 15.9. The second-order valence-electron chi connectivity index (χ2n) is 5.42. The lowest BCUT2D eigenvalue weighted by molar-refractivity contribution is -0.142. The Morgan fingerprint density at radius 3 is 2.82 bits per heavy atom. The van der Waals surface area contributed by atoms with E-state index in [0.29, 0.717) is 29.4 Å². The Kier molecular flexibility index (Phi) is 3.74. The van der Waals surface area contributed by atoms with E-state index in [-0.39, 0.29) is 11.9 Å². The van der Waals surface area contributed by atoms with Crippen molar-refractivity contribution in [1.82, 2.24) is 9.88 Å². The van der Waals surface area contributed by atoms with Gasteiger partial charge in [-0.3, -0.25) is 9.59 Å². The number of carbonyl (C=O) groups is 2. The van der Waals surface area contributed by atoms with E-state index in [1.807, 2.05) is 19.1 Å². The number of furan rings is 1. The number of rotatable bonds is 3. The first-order chi connectivity index (χ1) is 10.5. The number of carboxylic acids is 1. The van der Waals surface area contributed by atoms with Gasteiger partial charge in [0, 0.05) is 18.0 Å². The third kappa shape index (κ3) is 2.52. The van der Waals surface area contributed by atoms with Crippen molar-refractivity contribution in [3.05, 3.63) is 29.0 Å². The summed E-state index contributed by atoms with van der Waals surface area (Å²) in [7, 11) is 0. The number of aliphatic carboxylic acids is 1. The number of amides is 1. The van der Waals surface area contributed by atoms with Crippen LogP contribution in [0.4, 0.5) is 0 Å². The first-order valence-electron chi connectivity index (χ1n) is 7.03. The fraction of sp³-hybridized carbons (Fsp3) is 0.400. The van der Waals surface area contributed by atoms with Crippen LogP contribution in [0.25, 0.3) is 10.8 Å². The van der Waals surface area contributed by atoms with E-state index in [1.54, 1.807) is 17.2 Å². The van der Waals surface area contributed by atoms with Gasteiger partial charge in [-0.15, -0.1) is 11.3 Å². The van der Waals surface area contributed by atoms with Crippen LogP contribution in [0.1, 0.15) is 29.6 Å². The first-order valence-corrected chi connectivity index (χ1v) is 7.91. The summed E-state index contributed by atoms with van der Waals surface area (Å²) in [5.41, 5.74) is 0.340. The molecule has 0 saturated carbocycles. The Morgan fingerprint density at radius 1 is 1.45 bits per heavy atom. The maximum Gasteiger partial charge on any atom is 0.308 e. The van der Waals surface area contributed by atoms with Crippen LogP contribution in [0, 0.1) is 12.8 Å². The van der Waals surface area contributed by atoms with Crippen LogP contribution < -0.4 is 0 Å². The predicted molar refractivity (Wildman–Crippen MR) is 80.8 cm³/mol. The molecule has 1 aliphatic heterocycles. The molecule has 116 valence electrons. The van der Waals surface area contributed by atoms with E-state index in [9.17, 15) is 9.59 Å². The molecule has 0 bridgehead atoms. The molecule has 0 aliphatic carbocycles. The predicted octanol–water partition coefficient (Wildman–Crippen LogP) is 2.65. The summed E-state index contributed by atoms with van der Waals surface area (Å²) in [6.07, 6.45) is 0.483. The van der Waals surface area contributed by atoms with Crippen molar-refractivity contribution in [1.29, 1.82) is 0 Å². The minimum absolute atomic E-state index is 0.220. The van der Waals surface area contributed by atoms with Gasteiger partial charge >= 0.3 is 5.97 Å². The van der Waals surface area contributed by atoms with Crippen molar-refractivity contribution < 1.29 is 19.1 Å². The van der Waals surface area contributed by atoms with E-state index in [2.05, 4.69) is 4.98 Å². The second kappa shape index (κ2) is 5.57. The van der Waals surface area contributed by atoms with Gasteiger partial charge in [0.05, 0.1) is 5.92 Å². The molecule has 22 heavy (non-hydrogen) atoms. The van der Waals surface area contributed by atoms with E-state index in [0.717, 1.165) is 5.76 Å². The number of carbonyl (C=O) groups excluding carboxylic acids is 1. The van der Waals surface area contributed by atoms with E-state index >= 15 is 0 Å². The van der Waals surface area contributed by atoms with Gasteiger partial charge in [0.15, 0.2) is 10.8 Å². The molecule has 7 heteroatoms. The monoisotopic (exact) mass is 320 g/mol. The molecule has 2 aromatic heterocycles. The molecule has 1 fully saturated rings. The average molecular weight is 320 g/mol. The minimum atomic E-state index is -0.854. The highest BCUT2D eigenvalue weighted by Crippen LogP contribution is 2.29. The third-order valence-electron chi connectivity index (χ3n) is 4.01. The first kappa shape index (κ1) is 14.8. The fourth-order valence-corrected chi connectivity index (χ4v) is 3.49. The quantitative estimate of drug-likeness (QED) is 0.940. The molecule has 3 heterocycles. The third-order valence-corrected chi connectivity index (χ3v) is 4.86. The molecular weight excluding hydrogens is 304 g/mol. The summed E-state index contributed by atoms with van der Waals surface area (Å²) in [6.45, 7) is 4.07. The van der Waals surface area contributed by atoms with Crippen molar-refractivity contribution in [2.24, 2.45) is 5.92 Å². The zero-order valence-electron chi connectivity index (χ0n) is 12.3. The summed E-state index contributed by atoms with van der Waals surface area (Å²) in [4.78, 5) is 29.6. The summed E-state index contributed by atoms with van der Waals surface area (Å²) in [5.74, 6) is -0.153. The number of likely N-dealkylation sites (tertiary alicyclic amines) is 1. The lowest BCUT2D eigenvalue weighted by atomic mass is 10.0. The van der Waals surface area contributed by atoms with Crippen molar-refractivity contribution in [3.63, 3.8) is 0 Å². The van der Waals surface area contributed by atoms with Crippen LogP contribution in [0.3, 0.4) is 0 Å². The maximum atomic E-state index is 12.5. The highest BCUT2D eigenvalue weighted by Gasteiger charge is 2.39. The molecule has 1 N–H and O–H groups in total. The van der Waals surface area contributed by atoms with Crippen LogP contribution in [-0.2, 0) is 4.79 Å². The molecule has 0 radical (unpaired) electrons. The Hall–Kier alpha value is -2.15. The number of hydrogen-bond donors (Lipinski definition) is 1. The zero-order valence-corrected chi connectivity index (χ0v) is 13.1. The van der Waals surface area contributed by atoms with Crippen molar-refractivity contribution in [2.45, 2.75) is 26.3 Å². The van der Waals surface area contributed by atoms with Gasteiger partial charge < -0.3 is 14.4 Å². The molecule has 1 amide bonds. The summed E-state index contributed by atoms with van der Waals surface area (Å²) in [5, 5.41) is 11.5. The SMILES string of the molecule is Cc1ccc(-c2nc(C(=O)N3CCC(C(=O)O)C3C)cs2)o1. The summed E-state index contributed by atoms with van der Waals surface area (Å²) >= 11 is 1.34. The van der Waals surface area contributed by atoms with E-state index in [4.69, 9.17) is 9.52 Å². The number of aromatic nitrogens is 1. The molecule has 2 atom stereocenters. The molecule has 3 rings (SSSR count). The standard InChI is InChI=1S/C15H16N2O4S/c1-8-3-4-12(21-8)13-16-11(7-22-13)14(18)17-6-5-10(9(17)2)15(19)20/h3-4,7,9-10H,5-6H2,1-2H3,(H,19,20). The Bertz CT molecular complexity index is 721. The smallest absolute Gasteiger partial charge is 0.308 e. The second-order valence-corrected chi connectivity index (χ2v) is 6.28. The number of hydrogen-bond acceptors (Lipinski definition) is 5.